The highest BCUT2D eigenvalue weighted by molar-refractivity contribution is 5.93. The van der Waals surface area contributed by atoms with Crippen LogP contribution in [-0.4, -0.2) is 51.5 Å². The van der Waals surface area contributed by atoms with E-state index in [1.54, 1.807) is 0 Å². The largest absolute Gasteiger partial charge is 0.354 e. The van der Waals surface area contributed by atoms with E-state index >= 15 is 0 Å². The van der Waals surface area contributed by atoms with Gasteiger partial charge in [0.15, 0.2) is 0 Å². The lowest BCUT2D eigenvalue weighted by atomic mass is 10.3. The number of H-pyrrole nitrogens is 1. The summed E-state index contributed by atoms with van der Waals surface area (Å²) in [5, 5.41) is 9.38. The second kappa shape index (κ2) is 5.61. The first-order valence-electron chi connectivity index (χ1n) is 6.18. The molecule has 0 saturated carbocycles. The standard InChI is InChI=1S/C11H17N5O2/c1-2-4-8-13-10(15-14-8)11(18)16-6-3-5-12-9(17)7-16/h2-7H2,1H3,(H,12,17)(H,13,14,15). The van der Waals surface area contributed by atoms with Crippen molar-refractivity contribution in [1.82, 2.24) is 25.4 Å². The molecule has 1 aliphatic rings. The maximum atomic E-state index is 12.1. The molecule has 2 heterocycles. The van der Waals surface area contributed by atoms with Gasteiger partial charge in [0.2, 0.25) is 11.7 Å². The third kappa shape index (κ3) is 2.85. The van der Waals surface area contributed by atoms with E-state index in [0.29, 0.717) is 18.9 Å². The average molecular weight is 251 g/mol. The zero-order chi connectivity index (χ0) is 13.0. The molecule has 0 radical (unpaired) electrons. The van der Waals surface area contributed by atoms with Crippen molar-refractivity contribution in [1.29, 1.82) is 0 Å². The fraction of sp³-hybridized carbons (Fsp3) is 0.636. The van der Waals surface area contributed by atoms with Crippen LogP contribution in [0.25, 0.3) is 0 Å². The summed E-state index contributed by atoms with van der Waals surface area (Å²) in [6.45, 7) is 3.27. The van der Waals surface area contributed by atoms with Gasteiger partial charge in [0.1, 0.15) is 5.82 Å². The molecule has 0 aliphatic carbocycles. The third-order valence-electron chi connectivity index (χ3n) is 2.76. The lowest BCUT2D eigenvalue weighted by Crippen LogP contribution is -2.37. The molecule has 0 unspecified atom stereocenters. The van der Waals surface area contributed by atoms with Gasteiger partial charge in [0.05, 0.1) is 6.54 Å². The van der Waals surface area contributed by atoms with Crippen LogP contribution in [-0.2, 0) is 11.2 Å². The first-order valence-corrected chi connectivity index (χ1v) is 6.18. The molecule has 0 bridgehead atoms. The maximum absolute atomic E-state index is 12.1. The van der Waals surface area contributed by atoms with Gasteiger partial charge in [-0.05, 0) is 12.8 Å². The van der Waals surface area contributed by atoms with E-state index < -0.39 is 0 Å². The maximum Gasteiger partial charge on any atom is 0.293 e. The van der Waals surface area contributed by atoms with Crippen molar-refractivity contribution in [2.75, 3.05) is 19.6 Å². The lowest BCUT2D eigenvalue weighted by Gasteiger charge is -2.16. The normalized spacial score (nSPS) is 16.3. The molecule has 1 saturated heterocycles. The Labute approximate surface area is 105 Å². The van der Waals surface area contributed by atoms with Gasteiger partial charge in [0, 0.05) is 19.5 Å². The van der Waals surface area contributed by atoms with Crippen LogP contribution in [0.4, 0.5) is 0 Å². The molecule has 2 rings (SSSR count). The summed E-state index contributed by atoms with van der Waals surface area (Å²) in [4.78, 5) is 29.1. The van der Waals surface area contributed by atoms with E-state index in [0.717, 1.165) is 19.3 Å². The minimum absolute atomic E-state index is 0.0798. The Morgan fingerprint density at radius 2 is 2.33 bits per heavy atom. The Kier molecular flexibility index (Phi) is 3.91. The second-order valence-corrected chi connectivity index (χ2v) is 4.29. The molecule has 1 fully saturated rings. The number of carbonyl (C=O) groups excluding carboxylic acids is 2. The predicted molar refractivity (Wildman–Crippen MR) is 63.9 cm³/mol. The van der Waals surface area contributed by atoms with Crippen LogP contribution < -0.4 is 5.32 Å². The summed E-state index contributed by atoms with van der Waals surface area (Å²) < 4.78 is 0. The number of aromatic amines is 1. The molecule has 1 aromatic heterocycles. The van der Waals surface area contributed by atoms with Gasteiger partial charge < -0.3 is 10.2 Å². The van der Waals surface area contributed by atoms with E-state index in [-0.39, 0.29) is 24.2 Å². The number of nitrogens with one attached hydrogen (secondary N) is 2. The van der Waals surface area contributed by atoms with E-state index in [4.69, 9.17) is 0 Å². The Hall–Kier alpha value is -1.92. The molecule has 2 amide bonds. The lowest BCUT2D eigenvalue weighted by molar-refractivity contribution is -0.121. The molecule has 18 heavy (non-hydrogen) atoms. The predicted octanol–water partition coefficient (Wildman–Crippen LogP) is -0.281. The van der Waals surface area contributed by atoms with Gasteiger partial charge in [-0.2, -0.15) is 0 Å². The van der Waals surface area contributed by atoms with Crippen LogP contribution in [0, 0.1) is 0 Å². The molecule has 7 heteroatoms. The fourth-order valence-corrected chi connectivity index (χ4v) is 1.86. The number of aromatic nitrogens is 3. The molecule has 2 N–H and O–H groups in total. The first kappa shape index (κ1) is 12.5. The third-order valence-corrected chi connectivity index (χ3v) is 2.76. The number of rotatable bonds is 3. The zero-order valence-corrected chi connectivity index (χ0v) is 10.4. The SMILES string of the molecule is CCCc1nc(C(=O)N2CCCNC(=O)C2)n[nH]1. The number of aryl methyl sites for hydroxylation is 1. The van der Waals surface area contributed by atoms with Gasteiger partial charge in [-0.1, -0.05) is 6.92 Å². The molecule has 0 aromatic carbocycles. The minimum atomic E-state index is -0.286. The number of hydrogen-bond donors (Lipinski definition) is 2. The minimum Gasteiger partial charge on any atom is -0.354 e. The molecule has 0 spiro atoms. The summed E-state index contributed by atoms with van der Waals surface area (Å²) in [7, 11) is 0. The number of carbonyl (C=O) groups is 2. The monoisotopic (exact) mass is 251 g/mol. The van der Waals surface area contributed by atoms with Gasteiger partial charge >= 0.3 is 0 Å². The number of nitrogens with zero attached hydrogens (tertiary/aromatic N) is 3. The van der Waals surface area contributed by atoms with E-state index in [1.807, 2.05) is 6.92 Å². The van der Waals surface area contributed by atoms with Crippen molar-refractivity contribution in [2.45, 2.75) is 26.2 Å². The summed E-state index contributed by atoms with van der Waals surface area (Å²) >= 11 is 0. The highest BCUT2D eigenvalue weighted by Gasteiger charge is 2.23. The Bertz CT molecular complexity index is 442. The Balaban J connectivity index is 2.06. The van der Waals surface area contributed by atoms with E-state index in [2.05, 4.69) is 20.5 Å². The van der Waals surface area contributed by atoms with Crippen molar-refractivity contribution >= 4 is 11.8 Å². The van der Waals surface area contributed by atoms with E-state index in [1.165, 1.54) is 4.90 Å². The summed E-state index contributed by atoms with van der Waals surface area (Å²) in [5.74, 6) is 0.434. The fourth-order valence-electron chi connectivity index (χ4n) is 1.86. The van der Waals surface area contributed by atoms with Gasteiger partial charge in [-0.15, -0.1) is 5.10 Å². The van der Waals surface area contributed by atoms with Crippen LogP contribution in [0.3, 0.4) is 0 Å². The Morgan fingerprint density at radius 3 is 3.11 bits per heavy atom. The van der Waals surface area contributed by atoms with Crippen LogP contribution >= 0.6 is 0 Å². The van der Waals surface area contributed by atoms with Crippen LogP contribution in [0.1, 0.15) is 36.2 Å². The average Bonchev–Trinajstić information content (AvgIpc) is 2.70. The molecular weight excluding hydrogens is 234 g/mol. The van der Waals surface area contributed by atoms with Gasteiger partial charge in [-0.3, -0.25) is 14.7 Å². The summed E-state index contributed by atoms with van der Waals surface area (Å²) in [6.07, 6.45) is 2.46. The summed E-state index contributed by atoms with van der Waals surface area (Å²) in [6, 6.07) is 0. The topological polar surface area (TPSA) is 91.0 Å². The zero-order valence-electron chi connectivity index (χ0n) is 10.4. The van der Waals surface area contributed by atoms with Crippen molar-refractivity contribution in [3.8, 4) is 0 Å². The van der Waals surface area contributed by atoms with Gasteiger partial charge in [0.25, 0.3) is 5.91 Å². The van der Waals surface area contributed by atoms with Crippen molar-refractivity contribution in [3.63, 3.8) is 0 Å². The quantitative estimate of drug-likeness (QED) is 0.773. The summed E-state index contributed by atoms with van der Waals surface area (Å²) in [5.41, 5.74) is 0. The van der Waals surface area contributed by atoms with Crippen LogP contribution in [0.15, 0.2) is 0 Å². The molecule has 1 aliphatic heterocycles. The van der Waals surface area contributed by atoms with Crippen LogP contribution in [0.5, 0.6) is 0 Å². The number of hydrogen-bond acceptors (Lipinski definition) is 4. The molecule has 1 aromatic rings. The second-order valence-electron chi connectivity index (χ2n) is 4.29. The Morgan fingerprint density at radius 1 is 1.50 bits per heavy atom. The first-order chi connectivity index (χ1) is 8.70. The van der Waals surface area contributed by atoms with Gasteiger partial charge in [-0.25, -0.2) is 4.98 Å². The van der Waals surface area contributed by atoms with Crippen molar-refractivity contribution < 1.29 is 9.59 Å². The smallest absolute Gasteiger partial charge is 0.293 e. The number of amides is 2. The highest BCUT2D eigenvalue weighted by atomic mass is 16.2. The van der Waals surface area contributed by atoms with Crippen LogP contribution in [0.2, 0.25) is 0 Å². The van der Waals surface area contributed by atoms with Crippen molar-refractivity contribution in [3.05, 3.63) is 11.6 Å². The van der Waals surface area contributed by atoms with E-state index in [9.17, 15) is 9.59 Å². The highest BCUT2D eigenvalue weighted by Crippen LogP contribution is 2.04. The molecular formula is C11H17N5O2. The molecule has 7 nitrogen and oxygen atoms in total. The molecule has 98 valence electrons. The van der Waals surface area contributed by atoms with Crippen molar-refractivity contribution in [2.24, 2.45) is 0 Å². The molecule has 0 atom stereocenters.